The van der Waals surface area contributed by atoms with E-state index < -0.39 is 0 Å². The second kappa shape index (κ2) is 8.73. The largest absolute Gasteiger partial charge is 0.341 e. The maximum absolute atomic E-state index is 13.3. The number of benzene rings is 1. The highest BCUT2D eigenvalue weighted by atomic mass is 16.2. The van der Waals surface area contributed by atoms with Gasteiger partial charge in [-0.2, -0.15) is 5.10 Å². The number of carbonyl (C=O) groups is 1. The van der Waals surface area contributed by atoms with Crippen molar-refractivity contribution in [2.75, 3.05) is 24.5 Å². The molecular formula is C25H30N6O. The van der Waals surface area contributed by atoms with Gasteiger partial charge in [0, 0.05) is 38.4 Å². The fourth-order valence-electron chi connectivity index (χ4n) is 4.94. The minimum Gasteiger partial charge on any atom is -0.341 e. The Morgan fingerprint density at radius 3 is 2.62 bits per heavy atom. The van der Waals surface area contributed by atoms with Crippen LogP contribution in [-0.2, 0) is 18.3 Å². The van der Waals surface area contributed by atoms with Gasteiger partial charge in [-0.3, -0.25) is 9.48 Å². The van der Waals surface area contributed by atoms with E-state index in [1.54, 1.807) is 0 Å². The molecule has 5 rings (SSSR count). The Morgan fingerprint density at radius 1 is 1.06 bits per heavy atom. The Labute approximate surface area is 189 Å². The van der Waals surface area contributed by atoms with Crippen molar-refractivity contribution in [3.63, 3.8) is 0 Å². The van der Waals surface area contributed by atoms with Crippen LogP contribution in [0.15, 0.2) is 42.7 Å². The predicted octanol–water partition coefficient (Wildman–Crippen LogP) is 3.69. The first-order valence-corrected chi connectivity index (χ1v) is 11.6. The maximum Gasteiger partial charge on any atom is 0.227 e. The standard InChI is InChI=1S/C25H30N6O/c1-18-7-9-19(10-8-18)16-23(32)31-15-5-6-22(31)24-20(17-27-29(24)2)21-11-12-26-25(28-21)30-13-3-4-14-30/h7-12,17,22H,3-6,13-16H2,1-2H3/t22-/m0/s1. The number of aryl methyl sites for hydroxylation is 2. The van der Waals surface area contributed by atoms with Gasteiger partial charge in [0.1, 0.15) is 0 Å². The number of hydrogen-bond donors (Lipinski definition) is 0. The molecule has 32 heavy (non-hydrogen) atoms. The van der Waals surface area contributed by atoms with Crippen molar-refractivity contribution in [3.05, 3.63) is 59.5 Å². The number of anilines is 1. The fourth-order valence-corrected chi connectivity index (χ4v) is 4.94. The molecule has 1 aromatic carbocycles. The van der Waals surface area contributed by atoms with Crippen molar-refractivity contribution >= 4 is 11.9 Å². The molecule has 0 aliphatic carbocycles. The minimum atomic E-state index is 0.0145. The van der Waals surface area contributed by atoms with Crippen LogP contribution in [0.3, 0.4) is 0 Å². The SMILES string of the molecule is Cc1ccc(CC(=O)N2CCC[C@H]2c2c(-c3ccnc(N4CCCC4)n3)cnn2C)cc1. The van der Waals surface area contributed by atoms with Crippen LogP contribution in [0.2, 0.25) is 0 Å². The molecule has 2 aliphatic rings. The van der Waals surface area contributed by atoms with Gasteiger partial charge in [-0.1, -0.05) is 29.8 Å². The monoisotopic (exact) mass is 430 g/mol. The molecule has 0 spiro atoms. The van der Waals surface area contributed by atoms with Gasteiger partial charge >= 0.3 is 0 Å². The van der Waals surface area contributed by atoms with Crippen LogP contribution in [0.4, 0.5) is 5.95 Å². The third kappa shape index (κ3) is 3.99. The van der Waals surface area contributed by atoms with E-state index in [9.17, 15) is 4.79 Å². The first-order valence-electron chi connectivity index (χ1n) is 11.6. The lowest BCUT2D eigenvalue weighted by Crippen LogP contribution is -2.33. The van der Waals surface area contributed by atoms with E-state index in [0.717, 1.165) is 60.9 Å². The quantitative estimate of drug-likeness (QED) is 0.618. The lowest BCUT2D eigenvalue weighted by Gasteiger charge is -2.26. The number of hydrogen-bond acceptors (Lipinski definition) is 5. The molecule has 1 atom stereocenters. The Balaban J connectivity index is 1.42. The van der Waals surface area contributed by atoms with Crippen molar-refractivity contribution < 1.29 is 4.79 Å². The molecular weight excluding hydrogens is 400 g/mol. The zero-order valence-corrected chi connectivity index (χ0v) is 18.9. The average Bonchev–Trinajstić information content (AvgIpc) is 3.56. The number of likely N-dealkylation sites (tertiary alicyclic amines) is 1. The molecule has 3 aromatic rings. The summed E-state index contributed by atoms with van der Waals surface area (Å²) in [5, 5.41) is 4.56. The van der Waals surface area contributed by atoms with Gasteiger partial charge in [0.2, 0.25) is 11.9 Å². The van der Waals surface area contributed by atoms with Crippen molar-refractivity contribution in [1.29, 1.82) is 0 Å². The van der Waals surface area contributed by atoms with Crippen LogP contribution in [-0.4, -0.2) is 50.2 Å². The number of carbonyl (C=O) groups excluding carboxylic acids is 1. The van der Waals surface area contributed by atoms with Crippen LogP contribution in [0.5, 0.6) is 0 Å². The van der Waals surface area contributed by atoms with E-state index in [2.05, 4.69) is 46.2 Å². The van der Waals surface area contributed by atoms with Gasteiger partial charge in [0.05, 0.1) is 30.0 Å². The highest BCUT2D eigenvalue weighted by molar-refractivity contribution is 5.80. The van der Waals surface area contributed by atoms with E-state index in [-0.39, 0.29) is 11.9 Å². The molecule has 4 heterocycles. The summed E-state index contributed by atoms with van der Waals surface area (Å²) >= 11 is 0. The highest BCUT2D eigenvalue weighted by Crippen LogP contribution is 2.37. The van der Waals surface area contributed by atoms with Gasteiger partial charge in [-0.25, -0.2) is 9.97 Å². The summed E-state index contributed by atoms with van der Waals surface area (Å²) in [4.78, 5) is 26.9. The lowest BCUT2D eigenvalue weighted by molar-refractivity contribution is -0.131. The van der Waals surface area contributed by atoms with E-state index in [1.807, 2.05) is 35.1 Å². The summed E-state index contributed by atoms with van der Waals surface area (Å²) in [6.07, 6.45) is 8.45. The van der Waals surface area contributed by atoms with Gasteiger partial charge in [-0.15, -0.1) is 0 Å². The molecule has 0 radical (unpaired) electrons. The van der Waals surface area contributed by atoms with E-state index in [1.165, 1.54) is 18.4 Å². The normalized spacial score (nSPS) is 18.5. The Morgan fingerprint density at radius 2 is 1.84 bits per heavy atom. The summed E-state index contributed by atoms with van der Waals surface area (Å²) < 4.78 is 1.91. The van der Waals surface area contributed by atoms with Crippen LogP contribution >= 0.6 is 0 Å². The topological polar surface area (TPSA) is 67.2 Å². The Hall–Kier alpha value is -3.22. The molecule has 2 aliphatic heterocycles. The number of amides is 1. The van der Waals surface area contributed by atoms with Crippen LogP contribution < -0.4 is 4.90 Å². The van der Waals surface area contributed by atoms with Crippen LogP contribution in [0, 0.1) is 6.92 Å². The van der Waals surface area contributed by atoms with Crippen LogP contribution in [0.25, 0.3) is 11.3 Å². The molecule has 7 nitrogen and oxygen atoms in total. The number of aromatic nitrogens is 4. The predicted molar refractivity (Wildman–Crippen MR) is 124 cm³/mol. The Bertz CT molecular complexity index is 1100. The third-order valence-electron chi connectivity index (χ3n) is 6.66. The molecule has 0 unspecified atom stereocenters. The Kier molecular flexibility index (Phi) is 5.64. The molecule has 166 valence electrons. The smallest absolute Gasteiger partial charge is 0.227 e. The average molecular weight is 431 g/mol. The first kappa shape index (κ1) is 20.7. The minimum absolute atomic E-state index is 0.0145. The summed E-state index contributed by atoms with van der Waals surface area (Å²) in [7, 11) is 1.96. The molecule has 2 saturated heterocycles. The number of nitrogens with zero attached hydrogens (tertiary/aromatic N) is 6. The van der Waals surface area contributed by atoms with Gasteiger partial charge in [0.15, 0.2) is 0 Å². The van der Waals surface area contributed by atoms with Gasteiger partial charge < -0.3 is 9.80 Å². The lowest BCUT2D eigenvalue weighted by atomic mass is 10.0. The molecule has 7 heteroatoms. The summed E-state index contributed by atoms with van der Waals surface area (Å²) in [6.45, 7) is 4.86. The van der Waals surface area contributed by atoms with Crippen LogP contribution in [0.1, 0.15) is 48.5 Å². The highest BCUT2D eigenvalue weighted by Gasteiger charge is 2.34. The molecule has 1 amide bonds. The first-order chi connectivity index (χ1) is 15.6. The molecule has 0 N–H and O–H groups in total. The van der Waals surface area contributed by atoms with Gasteiger partial charge in [-0.05, 0) is 44.2 Å². The molecule has 2 aromatic heterocycles. The van der Waals surface area contributed by atoms with E-state index >= 15 is 0 Å². The molecule has 0 saturated carbocycles. The molecule has 2 fully saturated rings. The van der Waals surface area contributed by atoms with Crippen molar-refractivity contribution in [3.8, 4) is 11.3 Å². The fraction of sp³-hybridized carbons (Fsp3) is 0.440. The van der Waals surface area contributed by atoms with E-state index in [0.29, 0.717) is 6.42 Å². The second-order valence-electron chi connectivity index (χ2n) is 8.91. The number of rotatable bonds is 5. The van der Waals surface area contributed by atoms with Crippen molar-refractivity contribution in [1.82, 2.24) is 24.6 Å². The summed E-state index contributed by atoms with van der Waals surface area (Å²) in [5.74, 6) is 0.956. The second-order valence-corrected chi connectivity index (χ2v) is 8.91. The maximum atomic E-state index is 13.3. The van der Waals surface area contributed by atoms with Gasteiger partial charge in [0.25, 0.3) is 0 Å². The zero-order valence-electron chi connectivity index (χ0n) is 18.9. The van der Waals surface area contributed by atoms with Crippen molar-refractivity contribution in [2.45, 2.75) is 45.1 Å². The summed E-state index contributed by atoms with van der Waals surface area (Å²) in [5.41, 5.74) is 5.20. The zero-order chi connectivity index (χ0) is 22.1. The summed E-state index contributed by atoms with van der Waals surface area (Å²) in [6, 6.07) is 10.2. The van der Waals surface area contributed by atoms with E-state index in [4.69, 9.17) is 4.98 Å². The van der Waals surface area contributed by atoms with Crippen molar-refractivity contribution in [2.24, 2.45) is 7.05 Å². The molecule has 0 bridgehead atoms. The third-order valence-corrected chi connectivity index (χ3v) is 6.66.